The predicted molar refractivity (Wildman–Crippen MR) is 74.2 cm³/mol. The molecule has 1 aromatic rings. The summed E-state index contributed by atoms with van der Waals surface area (Å²) in [7, 11) is 0. The summed E-state index contributed by atoms with van der Waals surface area (Å²) in [6.45, 7) is 9.64. The highest BCUT2D eigenvalue weighted by Crippen LogP contribution is 2.35. The Kier molecular flexibility index (Phi) is 3.37. The molecule has 2 rings (SSSR count). The maximum Gasteiger partial charge on any atom is 0.158 e. The van der Waals surface area contributed by atoms with Gasteiger partial charge in [0.15, 0.2) is 5.78 Å². The van der Waals surface area contributed by atoms with E-state index in [0.29, 0.717) is 0 Å². The third-order valence-electron chi connectivity index (χ3n) is 3.43. The Hall–Kier alpha value is -1.83. The third kappa shape index (κ3) is 2.37. The molecule has 18 heavy (non-hydrogen) atoms. The highest BCUT2D eigenvalue weighted by molar-refractivity contribution is 5.96. The fourth-order valence-electron chi connectivity index (χ4n) is 2.59. The van der Waals surface area contributed by atoms with E-state index in [1.54, 1.807) is 6.92 Å². The van der Waals surface area contributed by atoms with E-state index in [0.717, 1.165) is 23.4 Å². The molecule has 1 atom stereocenters. The Labute approximate surface area is 108 Å². The molecule has 1 aromatic carbocycles. The first-order valence-electron chi connectivity index (χ1n) is 6.22. The molecular weight excluding hydrogens is 222 g/mol. The van der Waals surface area contributed by atoms with Crippen LogP contribution in [0.4, 0.5) is 0 Å². The Bertz CT molecular complexity index is 523. The van der Waals surface area contributed by atoms with Crippen LogP contribution in [0.1, 0.15) is 37.3 Å². The van der Waals surface area contributed by atoms with Gasteiger partial charge in [0.2, 0.25) is 0 Å². The first-order chi connectivity index (χ1) is 8.49. The second kappa shape index (κ2) is 4.81. The lowest BCUT2D eigenvalue weighted by molar-refractivity contribution is -0.114. The number of benzene rings is 1. The first kappa shape index (κ1) is 12.6. The molecule has 0 saturated heterocycles. The summed E-state index contributed by atoms with van der Waals surface area (Å²) in [4.78, 5) is 11.8. The minimum absolute atomic E-state index is 0.136. The summed E-state index contributed by atoms with van der Waals surface area (Å²) in [5.74, 6) is 0.273. The quantitative estimate of drug-likeness (QED) is 0.859. The largest absolute Gasteiger partial charge is 0.363 e. The fraction of sp³-hybridized carbons (Fsp3) is 0.312. The molecular formula is C16H19NO. The van der Waals surface area contributed by atoms with Crippen molar-refractivity contribution in [1.29, 1.82) is 0 Å². The molecule has 1 N–H and O–H groups in total. The van der Waals surface area contributed by atoms with E-state index in [4.69, 9.17) is 0 Å². The molecule has 0 saturated carbocycles. The highest BCUT2D eigenvalue weighted by atomic mass is 16.1. The van der Waals surface area contributed by atoms with Crippen LogP contribution >= 0.6 is 0 Å². The standard InChI is InChI=1S/C16H19NO/c1-10-5-7-14(8-6-10)15-9-11(2)17-12(3)16(15)13(4)18/h5-8,15,17H,2,9H2,1,3-4H3. The number of hydrogen-bond donors (Lipinski definition) is 1. The number of allylic oxidation sites excluding steroid dienone is 3. The number of rotatable bonds is 2. The molecule has 0 amide bonds. The highest BCUT2D eigenvalue weighted by Gasteiger charge is 2.27. The summed E-state index contributed by atoms with van der Waals surface area (Å²) in [6, 6.07) is 8.39. The minimum atomic E-state index is 0.136. The average molecular weight is 241 g/mol. The van der Waals surface area contributed by atoms with Crippen LogP contribution in [0.5, 0.6) is 0 Å². The van der Waals surface area contributed by atoms with Crippen LogP contribution < -0.4 is 5.32 Å². The number of ketones is 1. The molecule has 2 nitrogen and oxygen atoms in total. The minimum Gasteiger partial charge on any atom is -0.363 e. The zero-order valence-corrected chi connectivity index (χ0v) is 11.2. The van der Waals surface area contributed by atoms with E-state index in [9.17, 15) is 4.79 Å². The van der Waals surface area contributed by atoms with Gasteiger partial charge in [-0.2, -0.15) is 0 Å². The Balaban J connectivity index is 2.46. The van der Waals surface area contributed by atoms with Gasteiger partial charge in [0.25, 0.3) is 0 Å². The van der Waals surface area contributed by atoms with Gasteiger partial charge in [-0.1, -0.05) is 36.4 Å². The Morgan fingerprint density at radius 3 is 2.44 bits per heavy atom. The summed E-state index contributed by atoms with van der Waals surface area (Å²) in [5, 5.41) is 3.19. The summed E-state index contributed by atoms with van der Waals surface area (Å²) in [5.41, 5.74) is 5.21. The van der Waals surface area contributed by atoms with Crippen molar-refractivity contribution >= 4 is 5.78 Å². The monoisotopic (exact) mass is 241 g/mol. The van der Waals surface area contributed by atoms with Gasteiger partial charge in [-0.15, -0.1) is 0 Å². The van der Waals surface area contributed by atoms with Gasteiger partial charge in [0, 0.05) is 22.9 Å². The van der Waals surface area contributed by atoms with Crippen molar-refractivity contribution in [3.63, 3.8) is 0 Å². The van der Waals surface area contributed by atoms with E-state index in [1.165, 1.54) is 11.1 Å². The molecule has 1 aliphatic rings. The summed E-state index contributed by atoms with van der Waals surface area (Å²) >= 11 is 0. The lowest BCUT2D eigenvalue weighted by Gasteiger charge is -2.29. The number of nitrogens with one attached hydrogen (secondary N) is 1. The normalized spacial score (nSPS) is 19.7. The van der Waals surface area contributed by atoms with Crippen molar-refractivity contribution in [3.8, 4) is 0 Å². The molecule has 0 aromatic heterocycles. The number of hydrogen-bond acceptors (Lipinski definition) is 2. The number of carbonyl (C=O) groups is 1. The maximum absolute atomic E-state index is 11.8. The Morgan fingerprint density at radius 1 is 1.28 bits per heavy atom. The zero-order chi connectivity index (χ0) is 13.3. The van der Waals surface area contributed by atoms with Gasteiger partial charge in [-0.25, -0.2) is 0 Å². The van der Waals surface area contributed by atoms with Crippen LogP contribution in [-0.4, -0.2) is 5.78 Å². The molecule has 0 fully saturated rings. The van der Waals surface area contributed by atoms with E-state index in [1.807, 2.05) is 6.92 Å². The first-order valence-corrected chi connectivity index (χ1v) is 6.22. The average Bonchev–Trinajstić information content (AvgIpc) is 2.28. The van der Waals surface area contributed by atoms with Gasteiger partial charge in [-0.3, -0.25) is 4.79 Å². The van der Waals surface area contributed by atoms with Crippen LogP contribution in [0.15, 0.2) is 47.8 Å². The van der Waals surface area contributed by atoms with E-state index >= 15 is 0 Å². The SMILES string of the molecule is C=C1CC(c2ccc(C)cc2)C(C(C)=O)=C(C)N1. The van der Waals surface area contributed by atoms with Crippen molar-refractivity contribution < 1.29 is 4.79 Å². The summed E-state index contributed by atoms with van der Waals surface area (Å²) < 4.78 is 0. The van der Waals surface area contributed by atoms with Crippen LogP contribution in [0, 0.1) is 6.92 Å². The van der Waals surface area contributed by atoms with E-state index in [-0.39, 0.29) is 11.7 Å². The summed E-state index contributed by atoms with van der Waals surface area (Å²) in [6.07, 6.45) is 0.787. The Morgan fingerprint density at radius 2 is 1.89 bits per heavy atom. The van der Waals surface area contributed by atoms with Gasteiger partial charge >= 0.3 is 0 Å². The van der Waals surface area contributed by atoms with Gasteiger partial charge in [0.05, 0.1) is 0 Å². The second-order valence-electron chi connectivity index (χ2n) is 4.99. The number of Topliss-reactive ketones (excluding diaryl/α,β-unsaturated/α-hetero) is 1. The van der Waals surface area contributed by atoms with Crippen molar-refractivity contribution in [3.05, 3.63) is 58.9 Å². The molecule has 1 aliphatic heterocycles. The van der Waals surface area contributed by atoms with Crippen LogP contribution in [0.3, 0.4) is 0 Å². The van der Waals surface area contributed by atoms with Crippen LogP contribution in [-0.2, 0) is 4.79 Å². The molecule has 0 bridgehead atoms. The molecule has 2 heteroatoms. The molecule has 0 aliphatic carbocycles. The smallest absolute Gasteiger partial charge is 0.158 e. The van der Waals surface area contributed by atoms with E-state index < -0.39 is 0 Å². The molecule has 1 heterocycles. The van der Waals surface area contributed by atoms with Crippen molar-refractivity contribution in [2.75, 3.05) is 0 Å². The van der Waals surface area contributed by atoms with Crippen LogP contribution in [0.25, 0.3) is 0 Å². The lowest BCUT2D eigenvalue weighted by atomic mass is 9.82. The zero-order valence-electron chi connectivity index (χ0n) is 11.2. The van der Waals surface area contributed by atoms with Gasteiger partial charge in [-0.05, 0) is 32.8 Å². The predicted octanol–water partition coefficient (Wildman–Crippen LogP) is 3.45. The molecule has 94 valence electrons. The molecule has 0 spiro atoms. The maximum atomic E-state index is 11.8. The van der Waals surface area contributed by atoms with Gasteiger partial charge in [0.1, 0.15) is 0 Å². The topological polar surface area (TPSA) is 29.1 Å². The van der Waals surface area contributed by atoms with Crippen molar-refractivity contribution in [2.45, 2.75) is 33.1 Å². The number of aryl methyl sites for hydroxylation is 1. The van der Waals surface area contributed by atoms with Crippen molar-refractivity contribution in [2.24, 2.45) is 0 Å². The van der Waals surface area contributed by atoms with Gasteiger partial charge < -0.3 is 5.32 Å². The second-order valence-corrected chi connectivity index (χ2v) is 4.99. The third-order valence-corrected chi connectivity index (χ3v) is 3.43. The lowest BCUT2D eigenvalue weighted by Crippen LogP contribution is -2.26. The molecule has 0 radical (unpaired) electrons. The molecule has 1 unspecified atom stereocenters. The number of carbonyl (C=O) groups excluding carboxylic acids is 1. The fourth-order valence-corrected chi connectivity index (χ4v) is 2.59. The van der Waals surface area contributed by atoms with Crippen LogP contribution in [0.2, 0.25) is 0 Å². The van der Waals surface area contributed by atoms with E-state index in [2.05, 4.69) is 43.1 Å². The van der Waals surface area contributed by atoms with Crippen molar-refractivity contribution in [1.82, 2.24) is 5.32 Å².